The predicted molar refractivity (Wildman–Crippen MR) is 112 cm³/mol. The van der Waals surface area contributed by atoms with Gasteiger partial charge in [0.1, 0.15) is 5.75 Å². The van der Waals surface area contributed by atoms with Crippen molar-refractivity contribution >= 4 is 27.3 Å². The SMILES string of the molecule is CS(=O)(=O)c1ccc(CNC(=O)c2cncc(-c3ccc(OC(F)(F)F)cc3)c2)c(Cl)c1. The van der Waals surface area contributed by atoms with Gasteiger partial charge in [0.25, 0.3) is 5.91 Å². The first-order chi connectivity index (χ1) is 14.9. The van der Waals surface area contributed by atoms with E-state index in [1.165, 1.54) is 48.8 Å². The van der Waals surface area contributed by atoms with Crippen molar-refractivity contribution in [2.75, 3.05) is 6.26 Å². The van der Waals surface area contributed by atoms with E-state index in [4.69, 9.17) is 11.6 Å². The van der Waals surface area contributed by atoms with Crippen molar-refractivity contribution < 1.29 is 31.1 Å². The highest BCUT2D eigenvalue weighted by atomic mass is 35.5. The molecular weight excluding hydrogens is 469 g/mol. The van der Waals surface area contributed by atoms with Gasteiger partial charge in [-0.3, -0.25) is 9.78 Å². The fourth-order valence-corrected chi connectivity index (χ4v) is 3.71. The highest BCUT2D eigenvalue weighted by molar-refractivity contribution is 7.90. The van der Waals surface area contributed by atoms with Crippen LogP contribution in [-0.2, 0) is 16.4 Å². The number of nitrogens with one attached hydrogen (secondary N) is 1. The minimum atomic E-state index is -4.78. The van der Waals surface area contributed by atoms with Gasteiger partial charge in [0.2, 0.25) is 0 Å². The molecule has 32 heavy (non-hydrogen) atoms. The number of ether oxygens (including phenoxy) is 1. The van der Waals surface area contributed by atoms with Crippen LogP contribution < -0.4 is 10.1 Å². The van der Waals surface area contributed by atoms with Gasteiger partial charge >= 0.3 is 6.36 Å². The van der Waals surface area contributed by atoms with Crippen molar-refractivity contribution in [2.24, 2.45) is 0 Å². The minimum absolute atomic E-state index is 0.0510. The van der Waals surface area contributed by atoms with E-state index in [9.17, 15) is 26.4 Å². The van der Waals surface area contributed by atoms with Gasteiger partial charge in [-0.1, -0.05) is 29.8 Å². The molecule has 0 aliphatic heterocycles. The van der Waals surface area contributed by atoms with E-state index in [-0.39, 0.29) is 27.8 Å². The van der Waals surface area contributed by atoms with Crippen LogP contribution in [-0.4, -0.2) is 31.9 Å². The van der Waals surface area contributed by atoms with Crippen LogP contribution in [0, 0.1) is 0 Å². The van der Waals surface area contributed by atoms with Crippen LogP contribution in [0.5, 0.6) is 5.75 Å². The van der Waals surface area contributed by atoms with Crippen LogP contribution in [0.4, 0.5) is 13.2 Å². The second kappa shape index (κ2) is 9.17. The predicted octanol–water partition coefficient (Wildman–Crippen LogP) is 4.63. The zero-order valence-corrected chi connectivity index (χ0v) is 18.1. The van der Waals surface area contributed by atoms with Crippen LogP contribution in [0.3, 0.4) is 0 Å². The molecule has 2 aromatic carbocycles. The van der Waals surface area contributed by atoms with E-state index in [0.29, 0.717) is 16.7 Å². The molecule has 6 nitrogen and oxygen atoms in total. The van der Waals surface area contributed by atoms with Crippen molar-refractivity contribution in [1.82, 2.24) is 10.3 Å². The van der Waals surface area contributed by atoms with E-state index in [0.717, 1.165) is 18.4 Å². The average molecular weight is 485 g/mol. The maximum absolute atomic E-state index is 12.5. The summed E-state index contributed by atoms with van der Waals surface area (Å²) >= 11 is 6.11. The van der Waals surface area contributed by atoms with Crippen LogP contribution in [0.15, 0.2) is 65.8 Å². The van der Waals surface area contributed by atoms with Crippen molar-refractivity contribution in [1.29, 1.82) is 0 Å². The summed E-state index contributed by atoms with van der Waals surface area (Å²) in [5, 5.41) is 2.87. The van der Waals surface area contributed by atoms with Gasteiger partial charge in [0.05, 0.1) is 10.5 Å². The number of rotatable bonds is 6. The number of halogens is 4. The van der Waals surface area contributed by atoms with E-state index in [2.05, 4.69) is 15.0 Å². The summed E-state index contributed by atoms with van der Waals surface area (Å²) in [6.07, 6.45) is -0.905. The Balaban J connectivity index is 1.71. The first kappa shape index (κ1) is 23.6. The molecule has 0 spiro atoms. The normalized spacial score (nSPS) is 11.8. The Morgan fingerprint density at radius 1 is 1.06 bits per heavy atom. The lowest BCUT2D eigenvalue weighted by Crippen LogP contribution is -2.23. The number of nitrogens with zero attached hydrogens (tertiary/aromatic N) is 1. The number of pyridine rings is 1. The Morgan fingerprint density at radius 2 is 1.75 bits per heavy atom. The smallest absolute Gasteiger partial charge is 0.406 e. The lowest BCUT2D eigenvalue weighted by atomic mass is 10.1. The molecule has 168 valence electrons. The summed E-state index contributed by atoms with van der Waals surface area (Å²) in [6, 6.07) is 10.9. The Kier molecular flexibility index (Phi) is 6.75. The molecule has 1 N–H and O–H groups in total. The quantitative estimate of drug-likeness (QED) is 0.551. The monoisotopic (exact) mass is 484 g/mol. The topological polar surface area (TPSA) is 85.4 Å². The van der Waals surface area contributed by atoms with E-state index < -0.39 is 22.1 Å². The summed E-state index contributed by atoms with van der Waals surface area (Å²) in [6.45, 7) is 0.0510. The molecule has 1 aromatic heterocycles. The fourth-order valence-electron chi connectivity index (χ4n) is 2.75. The molecule has 0 aliphatic rings. The third-order valence-corrected chi connectivity index (χ3v) is 5.78. The minimum Gasteiger partial charge on any atom is -0.406 e. The summed E-state index contributed by atoms with van der Waals surface area (Å²) < 4.78 is 63.9. The van der Waals surface area contributed by atoms with Crippen molar-refractivity contribution in [3.05, 3.63) is 77.1 Å². The van der Waals surface area contributed by atoms with Crippen molar-refractivity contribution in [3.8, 4) is 16.9 Å². The molecule has 1 amide bonds. The molecule has 0 unspecified atom stereocenters. The van der Waals surface area contributed by atoms with Gasteiger partial charge in [0, 0.05) is 35.8 Å². The number of amides is 1. The Morgan fingerprint density at radius 3 is 2.34 bits per heavy atom. The number of alkyl halides is 3. The van der Waals surface area contributed by atoms with Crippen LogP contribution in [0.1, 0.15) is 15.9 Å². The molecule has 1 heterocycles. The molecule has 0 radical (unpaired) electrons. The van der Waals surface area contributed by atoms with Crippen molar-refractivity contribution in [3.63, 3.8) is 0 Å². The largest absolute Gasteiger partial charge is 0.573 e. The number of benzene rings is 2. The van der Waals surface area contributed by atoms with Crippen LogP contribution in [0.25, 0.3) is 11.1 Å². The number of sulfone groups is 1. The number of hydrogen-bond acceptors (Lipinski definition) is 5. The molecule has 0 aliphatic carbocycles. The van der Waals surface area contributed by atoms with E-state index in [1.807, 2.05) is 0 Å². The molecule has 0 saturated carbocycles. The standard InChI is InChI=1S/C21H16ClF3N2O4S/c1-32(29,30)18-7-4-14(19(22)9-18)12-27-20(28)16-8-15(10-26-11-16)13-2-5-17(6-3-13)31-21(23,24)25/h2-11H,12H2,1H3,(H,27,28). The number of carbonyl (C=O) groups is 1. The molecule has 11 heteroatoms. The summed E-state index contributed by atoms with van der Waals surface area (Å²) in [4.78, 5) is 16.6. The molecule has 0 bridgehead atoms. The Bertz CT molecular complexity index is 1250. The second-order valence-electron chi connectivity index (χ2n) is 6.74. The third kappa shape index (κ3) is 6.21. The summed E-state index contributed by atoms with van der Waals surface area (Å²) in [7, 11) is -3.40. The van der Waals surface area contributed by atoms with Gasteiger partial charge in [-0.2, -0.15) is 0 Å². The van der Waals surface area contributed by atoms with E-state index >= 15 is 0 Å². The second-order valence-corrected chi connectivity index (χ2v) is 9.17. The lowest BCUT2D eigenvalue weighted by Gasteiger charge is -2.10. The van der Waals surface area contributed by atoms with Gasteiger partial charge < -0.3 is 10.1 Å². The van der Waals surface area contributed by atoms with E-state index in [1.54, 1.807) is 0 Å². The van der Waals surface area contributed by atoms with Gasteiger partial charge in [-0.25, -0.2) is 8.42 Å². The third-order valence-electron chi connectivity index (χ3n) is 4.31. The molecule has 3 rings (SSSR count). The number of carbonyl (C=O) groups excluding carboxylic acids is 1. The first-order valence-electron chi connectivity index (χ1n) is 9.00. The zero-order valence-electron chi connectivity index (χ0n) is 16.5. The lowest BCUT2D eigenvalue weighted by molar-refractivity contribution is -0.274. The Labute approximate surface area is 186 Å². The highest BCUT2D eigenvalue weighted by Gasteiger charge is 2.31. The number of hydrogen-bond donors (Lipinski definition) is 1. The van der Waals surface area contributed by atoms with Crippen LogP contribution >= 0.6 is 11.6 Å². The molecule has 3 aromatic rings. The van der Waals surface area contributed by atoms with Gasteiger partial charge in [0.15, 0.2) is 9.84 Å². The molecule has 0 atom stereocenters. The summed E-state index contributed by atoms with van der Waals surface area (Å²) in [5.74, 6) is -0.818. The van der Waals surface area contributed by atoms with Crippen molar-refractivity contribution in [2.45, 2.75) is 17.8 Å². The van der Waals surface area contributed by atoms with Gasteiger partial charge in [-0.15, -0.1) is 13.2 Å². The maximum atomic E-state index is 12.5. The average Bonchev–Trinajstić information content (AvgIpc) is 2.71. The molecule has 0 fully saturated rings. The fraction of sp³-hybridized carbons (Fsp3) is 0.143. The van der Waals surface area contributed by atoms with Crippen LogP contribution in [0.2, 0.25) is 5.02 Å². The Hall–Kier alpha value is -3.11. The number of aromatic nitrogens is 1. The highest BCUT2D eigenvalue weighted by Crippen LogP contribution is 2.27. The first-order valence-corrected chi connectivity index (χ1v) is 11.3. The molecular formula is C21H16ClF3N2O4S. The zero-order chi connectivity index (χ0) is 23.5. The molecule has 0 saturated heterocycles. The van der Waals surface area contributed by atoms with Gasteiger partial charge in [-0.05, 0) is 41.5 Å². The maximum Gasteiger partial charge on any atom is 0.573 e. The summed E-state index contributed by atoms with van der Waals surface area (Å²) in [5.41, 5.74) is 1.81.